The first-order chi connectivity index (χ1) is 5.39. The number of hydrogen-bond donors (Lipinski definition) is 0. The van der Waals surface area contributed by atoms with Gasteiger partial charge in [-0.2, -0.15) is 17.6 Å². The zero-order valence-electron chi connectivity index (χ0n) is 5.49. The van der Waals surface area contributed by atoms with Crippen molar-refractivity contribution in [1.82, 2.24) is 4.98 Å². The van der Waals surface area contributed by atoms with Crippen molar-refractivity contribution in [2.24, 2.45) is 0 Å². The molecule has 0 spiro atoms. The molecule has 1 heterocycles. The van der Waals surface area contributed by atoms with Crippen molar-refractivity contribution >= 4 is 11.6 Å². The number of nitrogens with zero attached hydrogens (tertiary/aromatic N) is 1. The Morgan fingerprint density at radius 3 is 2.25 bits per heavy atom. The second-order valence-corrected chi connectivity index (χ2v) is 2.43. The minimum absolute atomic E-state index is 0.324. The molecular weight excluding hydrogens is 198 g/mol. The third-order valence-electron chi connectivity index (χ3n) is 1.05. The molecule has 66 valence electrons. The van der Waals surface area contributed by atoms with Gasteiger partial charge in [0, 0.05) is 11.1 Å². The van der Waals surface area contributed by atoms with Crippen LogP contribution in [0.2, 0.25) is 5.02 Å². The Kier molecular flexibility index (Phi) is 2.23. The number of hydrogen-bond acceptors (Lipinski definition) is 1. The highest BCUT2D eigenvalue weighted by Gasteiger charge is 2.33. The van der Waals surface area contributed by atoms with Crippen LogP contribution in [0, 0.1) is 5.95 Å². The highest BCUT2D eigenvalue weighted by atomic mass is 35.5. The third-order valence-corrected chi connectivity index (χ3v) is 1.27. The van der Waals surface area contributed by atoms with Crippen molar-refractivity contribution in [3.8, 4) is 0 Å². The molecule has 0 atom stereocenters. The molecule has 1 aromatic rings. The Morgan fingerprint density at radius 1 is 1.25 bits per heavy atom. The van der Waals surface area contributed by atoms with E-state index < -0.39 is 17.8 Å². The summed E-state index contributed by atoms with van der Waals surface area (Å²) in [5, 5.41) is -0.324. The first kappa shape index (κ1) is 9.25. The van der Waals surface area contributed by atoms with E-state index in [-0.39, 0.29) is 5.02 Å². The lowest BCUT2D eigenvalue weighted by atomic mass is 10.3. The number of alkyl halides is 3. The Hall–Kier alpha value is -0.840. The Morgan fingerprint density at radius 2 is 1.83 bits per heavy atom. The van der Waals surface area contributed by atoms with Crippen LogP contribution in [0.25, 0.3) is 0 Å². The van der Waals surface area contributed by atoms with E-state index in [1.54, 1.807) is 0 Å². The topological polar surface area (TPSA) is 12.9 Å². The molecule has 1 aromatic heterocycles. The normalized spacial score (nSPS) is 11.8. The summed E-state index contributed by atoms with van der Waals surface area (Å²) in [6, 6.07) is 1.27. The largest absolute Gasteiger partial charge is 0.433 e. The van der Waals surface area contributed by atoms with Gasteiger partial charge in [-0.3, -0.25) is 0 Å². The quantitative estimate of drug-likeness (QED) is 0.463. The fourth-order valence-electron chi connectivity index (χ4n) is 0.611. The van der Waals surface area contributed by atoms with Crippen molar-refractivity contribution < 1.29 is 17.6 Å². The Balaban J connectivity index is 3.18. The number of rotatable bonds is 0. The van der Waals surface area contributed by atoms with Gasteiger partial charge in [0.2, 0.25) is 5.95 Å². The maximum absolute atomic E-state index is 12.3. The summed E-state index contributed by atoms with van der Waals surface area (Å²) in [7, 11) is 0. The van der Waals surface area contributed by atoms with Gasteiger partial charge in [-0.05, 0) is 6.07 Å². The molecule has 0 radical (unpaired) electrons. The van der Waals surface area contributed by atoms with E-state index in [1.807, 2.05) is 0 Å². The van der Waals surface area contributed by atoms with Gasteiger partial charge in [-0.15, -0.1) is 0 Å². The van der Waals surface area contributed by atoms with Crippen molar-refractivity contribution in [3.05, 3.63) is 28.8 Å². The molecule has 12 heavy (non-hydrogen) atoms. The monoisotopic (exact) mass is 199 g/mol. The predicted octanol–water partition coefficient (Wildman–Crippen LogP) is 2.89. The molecule has 0 N–H and O–H groups in total. The smallest absolute Gasteiger partial charge is 0.215 e. The van der Waals surface area contributed by atoms with Crippen LogP contribution in [0.15, 0.2) is 12.1 Å². The van der Waals surface area contributed by atoms with Crippen LogP contribution in [-0.2, 0) is 6.18 Å². The maximum atomic E-state index is 12.3. The summed E-state index contributed by atoms with van der Waals surface area (Å²) in [6.45, 7) is 0. The minimum atomic E-state index is -4.66. The molecule has 0 saturated carbocycles. The highest BCUT2D eigenvalue weighted by Crippen LogP contribution is 2.29. The van der Waals surface area contributed by atoms with Gasteiger partial charge in [-0.1, -0.05) is 11.6 Å². The fourth-order valence-corrected chi connectivity index (χ4v) is 0.804. The molecule has 0 bridgehead atoms. The van der Waals surface area contributed by atoms with E-state index >= 15 is 0 Å². The van der Waals surface area contributed by atoms with Gasteiger partial charge in [0.1, 0.15) is 5.69 Å². The highest BCUT2D eigenvalue weighted by molar-refractivity contribution is 6.30. The third kappa shape index (κ3) is 2.07. The molecule has 0 aliphatic rings. The van der Waals surface area contributed by atoms with E-state index in [4.69, 9.17) is 11.6 Å². The van der Waals surface area contributed by atoms with Crippen molar-refractivity contribution in [2.45, 2.75) is 6.18 Å². The summed E-state index contributed by atoms with van der Waals surface area (Å²) >= 11 is 5.18. The SMILES string of the molecule is Fc1cc(Cl)cc(C(F)(F)F)n1. The Labute approximate surface area is 70.0 Å². The van der Waals surface area contributed by atoms with Gasteiger partial charge >= 0.3 is 6.18 Å². The lowest BCUT2D eigenvalue weighted by Gasteiger charge is -2.04. The molecule has 1 rings (SSSR count). The second-order valence-electron chi connectivity index (χ2n) is 1.99. The van der Waals surface area contributed by atoms with Crippen LogP contribution in [-0.4, -0.2) is 4.98 Å². The summed E-state index contributed by atoms with van der Waals surface area (Å²) < 4.78 is 47.8. The van der Waals surface area contributed by atoms with Crippen LogP contribution in [0.5, 0.6) is 0 Å². The van der Waals surface area contributed by atoms with E-state index in [1.165, 1.54) is 0 Å². The standard InChI is InChI=1S/C6H2ClF4N/c7-3-1-4(6(9,10)11)12-5(8)2-3/h1-2H. The number of pyridine rings is 1. The molecule has 0 saturated heterocycles. The minimum Gasteiger partial charge on any atom is -0.215 e. The predicted molar refractivity (Wildman–Crippen MR) is 34.2 cm³/mol. The molecule has 0 amide bonds. The molecule has 0 fully saturated rings. The van der Waals surface area contributed by atoms with Crippen LogP contribution >= 0.6 is 11.6 Å². The van der Waals surface area contributed by atoms with Crippen LogP contribution < -0.4 is 0 Å². The van der Waals surface area contributed by atoms with Gasteiger partial charge in [-0.25, -0.2) is 4.98 Å². The van der Waals surface area contributed by atoms with Gasteiger partial charge in [0.15, 0.2) is 0 Å². The van der Waals surface area contributed by atoms with E-state index in [0.717, 1.165) is 0 Å². The van der Waals surface area contributed by atoms with Crippen LogP contribution in [0.3, 0.4) is 0 Å². The molecule has 6 heteroatoms. The van der Waals surface area contributed by atoms with E-state index in [9.17, 15) is 17.6 Å². The molecule has 0 aliphatic heterocycles. The molecule has 0 aliphatic carbocycles. The molecule has 0 unspecified atom stereocenters. The van der Waals surface area contributed by atoms with E-state index in [0.29, 0.717) is 12.1 Å². The summed E-state index contributed by atoms with van der Waals surface area (Å²) in [4.78, 5) is 2.63. The zero-order valence-corrected chi connectivity index (χ0v) is 6.25. The molecule has 1 nitrogen and oxygen atoms in total. The van der Waals surface area contributed by atoms with Crippen LogP contribution in [0.1, 0.15) is 5.69 Å². The lowest BCUT2D eigenvalue weighted by Crippen LogP contribution is -2.08. The number of aromatic nitrogens is 1. The number of halogens is 5. The average molecular weight is 200 g/mol. The van der Waals surface area contributed by atoms with Gasteiger partial charge < -0.3 is 0 Å². The average Bonchev–Trinajstić information content (AvgIpc) is 1.82. The zero-order chi connectivity index (χ0) is 9.35. The van der Waals surface area contributed by atoms with Gasteiger partial charge in [0.25, 0.3) is 0 Å². The fraction of sp³-hybridized carbons (Fsp3) is 0.167. The second kappa shape index (κ2) is 2.90. The Bertz CT molecular complexity index is 276. The summed E-state index contributed by atoms with van der Waals surface area (Å²) in [6.07, 6.45) is -4.66. The van der Waals surface area contributed by atoms with Crippen molar-refractivity contribution in [2.75, 3.05) is 0 Å². The van der Waals surface area contributed by atoms with Gasteiger partial charge in [0.05, 0.1) is 0 Å². The molecule has 0 aromatic carbocycles. The summed E-state index contributed by atoms with van der Waals surface area (Å²) in [5.41, 5.74) is -1.33. The maximum Gasteiger partial charge on any atom is 0.433 e. The summed E-state index contributed by atoms with van der Waals surface area (Å²) in [5.74, 6) is -1.24. The first-order valence-electron chi connectivity index (χ1n) is 2.80. The van der Waals surface area contributed by atoms with Crippen molar-refractivity contribution in [1.29, 1.82) is 0 Å². The van der Waals surface area contributed by atoms with E-state index in [2.05, 4.69) is 4.98 Å². The van der Waals surface area contributed by atoms with Crippen molar-refractivity contribution in [3.63, 3.8) is 0 Å². The lowest BCUT2D eigenvalue weighted by molar-refractivity contribution is -0.141. The molecular formula is C6H2ClF4N. The first-order valence-corrected chi connectivity index (χ1v) is 3.17. The van der Waals surface area contributed by atoms with Crippen LogP contribution in [0.4, 0.5) is 17.6 Å².